The minimum atomic E-state index is -1.18. The van der Waals surface area contributed by atoms with Crippen LogP contribution in [0.15, 0.2) is 11.6 Å². The van der Waals surface area contributed by atoms with Gasteiger partial charge in [-0.3, -0.25) is 0 Å². The Morgan fingerprint density at radius 2 is 2.00 bits per heavy atom. The molecule has 2 N–H and O–H groups in total. The van der Waals surface area contributed by atoms with Crippen LogP contribution in [0, 0.1) is 34.5 Å². The largest absolute Gasteiger partial charge is 0.506 e. The zero-order valence-corrected chi connectivity index (χ0v) is 14.3. The molecule has 7 atom stereocenters. The molecule has 2 unspecified atom stereocenters. The van der Waals surface area contributed by atoms with Crippen LogP contribution < -0.4 is 0 Å². The molecule has 4 nitrogen and oxygen atoms in total. The Bertz CT molecular complexity index is 566. The molecule has 4 rings (SSSR count). The highest BCUT2D eigenvalue weighted by atomic mass is 16.7. The first-order valence-electron chi connectivity index (χ1n) is 9.03. The third-order valence-corrected chi connectivity index (χ3v) is 7.68. The van der Waals surface area contributed by atoms with Crippen LogP contribution in [0.4, 0.5) is 4.79 Å². The van der Waals surface area contributed by atoms with Gasteiger partial charge in [-0.2, -0.15) is 0 Å². The number of carboxylic acid groups (broad SMARTS) is 1. The third kappa shape index (κ3) is 2.03. The first-order chi connectivity index (χ1) is 10.8. The minimum absolute atomic E-state index is 0.110. The summed E-state index contributed by atoms with van der Waals surface area (Å²) in [7, 11) is 0. The lowest BCUT2D eigenvalue weighted by molar-refractivity contribution is -0.0527. The number of carbonyl (C=O) groups is 1. The molecule has 0 radical (unpaired) electrons. The van der Waals surface area contributed by atoms with Crippen LogP contribution >= 0.6 is 0 Å². The predicted octanol–water partition coefficient (Wildman–Crippen LogP) is 3.84. The van der Waals surface area contributed by atoms with Crippen LogP contribution in [0.5, 0.6) is 0 Å². The van der Waals surface area contributed by atoms with Crippen molar-refractivity contribution in [2.45, 2.75) is 65.1 Å². The highest BCUT2D eigenvalue weighted by Crippen LogP contribution is 2.71. The van der Waals surface area contributed by atoms with Crippen LogP contribution in [0.1, 0.15) is 52.9 Å². The standard InChI is InChI=1S/C19H28O4/c1-10-8-13-14(23-17(21)22)5-4-11-15-12(18(15,2)3)6-7-19(13,9-10)16(11)20/h9,11-16,20H,4-8H2,1-3H3,(H,21,22)/t11-,12+,13?,14+,15-,16?,19-/m0/s1. The van der Waals surface area contributed by atoms with Gasteiger partial charge in [0.1, 0.15) is 6.10 Å². The lowest BCUT2D eigenvalue weighted by Gasteiger charge is -2.41. The summed E-state index contributed by atoms with van der Waals surface area (Å²) in [6.07, 6.45) is 5.07. The van der Waals surface area contributed by atoms with E-state index in [1.807, 2.05) is 0 Å². The summed E-state index contributed by atoms with van der Waals surface area (Å²) in [6.45, 7) is 6.77. The third-order valence-electron chi connectivity index (χ3n) is 7.68. The van der Waals surface area contributed by atoms with Crippen molar-refractivity contribution < 1.29 is 19.7 Å². The molecule has 4 aliphatic rings. The molecule has 2 bridgehead atoms. The summed E-state index contributed by atoms with van der Waals surface area (Å²) in [5, 5.41) is 20.5. The molecule has 0 aromatic carbocycles. The predicted molar refractivity (Wildman–Crippen MR) is 85.9 cm³/mol. The van der Waals surface area contributed by atoms with Gasteiger partial charge in [0.15, 0.2) is 0 Å². The molecule has 0 amide bonds. The number of rotatable bonds is 1. The van der Waals surface area contributed by atoms with Gasteiger partial charge < -0.3 is 14.9 Å². The van der Waals surface area contributed by atoms with Crippen molar-refractivity contribution in [1.82, 2.24) is 0 Å². The zero-order chi connectivity index (χ0) is 16.6. The molecule has 4 aliphatic carbocycles. The maximum Gasteiger partial charge on any atom is 0.506 e. The van der Waals surface area contributed by atoms with Crippen molar-refractivity contribution >= 4 is 6.16 Å². The second-order valence-corrected chi connectivity index (χ2v) is 9.01. The molecule has 23 heavy (non-hydrogen) atoms. The number of hydrogen-bond acceptors (Lipinski definition) is 3. The first kappa shape index (κ1) is 15.5. The van der Waals surface area contributed by atoms with Gasteiger partial charge in [-0.1, -0.05) is 25.5 Å². The van der Waals surface area contributed by atoms with E-state index in [0.29, 0.717) is 17.3 Å². The van der Waals surface area contributed by atoms with E-state index >= 15 is 0 Å². The Labute approximate surface area is 137 Å². The van der Waals surface area contributed by atoms with Crippen molar-refractivity contribution in [2.75, 3.05) is 0 Å². The van der Waals surface area contributed by atoms with Gasteiger partial charge in [-0.15, -0.1) is 0 Å². The number of aliphatic hydroxyl groups excluding tert-OH is 1. The molecule has 4 heteroatoms. The highest BCUT2D eigenvalue weighted by molar-refractivity contribution is 5.57. The quantitative estimate of drug-likeness (QED) is 0.569. The normalized spacial score (nSPS) is 50.0. The second kappa shape index (κ2) is 4.75. The van der Waals surface area contributed by atoms with Gasteiger partial charge in [0, 0.05) is 11.3 Å². The van der Waals surface area contributed by atoms with Crippen molar-refractivity contribution in [3.63, 3.8) is 0 Å². The Morgan fingerprint density at radius 1 is 1.26 bits per heavy atom. The van der Waals surface area contributed by atoms with Crippen LogP contribution in [-0.4, -0.2) is 28.6 Å². The summed E-state index contributed by atoms with van der Waals surface area (Å²) in [4.78, 5) is 11.2. The maximum absolute atomic E-state index is 11.4. The summed E-state index contributed by atoms with van der Waals surface area (Å²) >= 11 is 0. The van der Waals surface area contributed by atoms with Crippen molar-refractivity contribution in [1.29, 1.82) is 0 Å². The summed E-state index contributed by atoms with van der Waals surface area (Å²) in [5.41, 5.74) is 1.34. The molecule has 3 fully saturated rings. The number of fused-ring (bicyclic) bond motifs is 3. The van der Waals surface area contributed by atoms with E-state index in [2.05, 4.69) is 26.8 Å². The lowest BCUT2D eigenvalue weighted by atomic mass is 9.66. The highest BCUT2D eigenvalue weighted by Gasteiger charge is 2.68. The van der Waals surface area contributed by atoms with Crippen molar-refractivity contribution in [3.8, 4) is 0 Å². The molecule has 0 aromatic heterocycles. The fourth-order valence-electron chi connectivity index (χ4n) is 6.70. The molecule has 0 aliphatic heterocycles. The van der Waals surface area contributed by atoms with Gasteiger partial charge in [-0.25, -0.2) is 4.79 Å². The number of hydrogen-bond donors (Lipinski definition) is 2. The Morgan fingerprint density at radius 3 is 2.70 bits per heavy atom. The fraction of sp³-hybridized carbons (Fsp3) is 0.842. The zero-order valence-electron chi connectivity index (χ0n) is 14.3. The minimum Gasteiger partial charge on any atom is -0.450 e. The monoisotopic (exact) mass is 320 g/mol. The number of ether oxygens (including phenoxy) is 1. The van der Waals surface area contributed by atoms with Gasteiger partial charge in [0.2, 0.25) is 0 Å². The van der Waals surface area contributed by atoms with E-state index in [-0.39, 0.29) is 29.5 Å². The summed E-state index contributed by atoms with van der Waals surface area (Å²) < 4.78 is 5.30. The lowest BCUT2D eigenvalue weighted by Crippen LogP contribution is -2.45. The molecule has 0 heterocycles. The summed E-state index contributed by atoms with van der Waals surface area (Å²) in [5.74, 6) is 1.69. The molecular weight excluding hydrogens is 292 g/mol. The Hall–Kier alpha value is -1.03. The van der Waals surface area contributed by atoms with Crippen LogP contribution in [-0.2, 0) is 4.74 Å². The Balaban J connectivity index is 1.74. The average molecular weight is 320 g/mol. The molecule has 128 valence electrons. The van der Waals surface area contributed by atoms with Gasteiger partial charge >= 0.3 is 6.16 Å². The van der Waals surface area contributed by atoms with E-state index < -0.39 is 6.16 Å². The van der Waals surface area contributed by atoms with E-state index in [1.165, 1.54) is 5.57 Å². The van der Waals surface area contributed by atoms with Gasteiger partial charge in [0.25, 0.3) is 0 Å². The van der Waals surface area contributed by atoms with E-state index in [1.54, 1.807) is 0 Å². The second-order valence-electron chi connectivity index (χ2n) is 9.01. The maximum atomic E-state index is 11.4. The Kier molecular flexibility index (Phi) is 3.20. The molecule has 0 aromatic rings. The average Bonchev–Trinajstić information content (AvgIpc) is 2.89. The van der Waals surface area contributed by atoms with E-state index in [9.17, 15) is 9.90 Å². The fourth-order valence-corrected chi connectivity index (χ4v) is 6.70. The first-order valence-corrected chi connectivity index (χ1v) is 9.03. The summed E-state index contributed by atoms with van der Waals surface area (Å²) in [6, 6.07) is 0. The van der Waals surface area contributed by atoms with Crippen LogP contribution in [0.2, 0.25) is 0 Å². The van der Waals surface area contributed by atoms with Gasteiger partial charge in [0.05, 0.1) is 6.10 Å². The van der Waals surface area contributed by atoms with Crippen molar-refractivity contribution in [3.05, 3.63) is 11.6 Å². The molecule has 1 spiro atoms. The number of allylic oxidation sites excluding steroid dienone is 1. The van der Waals surface area contributed by atoms with E-state index in [4.69, 9.17) is 9.84 Å². The van der Waals surface area contributed by atoms with Crippen LogP contribution in [0.3, 0.4) is 0 Å². The molecule has 0 saturated heterocycles. The van der Waals surface area contributed by atoms with Crippen LogP contribution in [0.25, 0.3) is 0 Å². The van der Waals surface area contributed by atoms with E-state index in [0.717, 1.165) is 32.1 Å². The van der Waals surface area contributed by atoms with Gasteiger partial charge in [-0.05, 0) is 62.2 Å². The SMILES string of the molecule is CC1=C[C@@]23CC[C@@H]4[C@H]([C@H](CC[C@@H](OC(=O)O)C2C1)C3O)C4(C)C. The number of aliphatic hydroxyl groups is 1. The topological polar surface area (TPSA) is 66.8 Å². The molecule has 3 saturated carbocycles. The smallest absolute Gasteiger partial charge is 0.450 e. The molecular formula is C19H28O4. The van der Waals surface area contributed by atoms with Crippen molar-refractivity contribution in [2.24, 2.45) is 34.5 Å².